The molecule has 1 N–H and O–H groups in total. The summed E-state index contributed by atoms with van der Waals surface area (Å²) in [5, 5.41) is 9.36. The Morgan fingerprint density at radius 3 is 2.77 bits per heavy atom. The van der Waals surface area contributed by atoms with Gasteiger partial charge in [-0.2, -0.15) is 5.10 Å². The molecule has 1 amide bonds. The maximum Gasteiger partial charge on any atom is 0.275 e. The number of carbonyl (C=O) groups is 1. The Bertz CT molecular complexity index is 1050. The number of nitrogens with one attached hydrogen (secondary N) is 1. The topological polar surface area (TPSA) is 76.9 Å². The van der Waals surface area contributed by atoms with Crippen molar-refractivity contribution in [3.63, 3.8) is 0 Å². The zero-order valence-corrected chi connectivity index (χ0v) is 17.1. The summed E-state index contributed by atoms with van der Waals surface area (Å²) in [5.41, 5.74) is 1.13. The number of halogens is 1. The largest absolute Gasteiger partial charge is 0.324 e. The number of benzene rings is 1. The second kappa shape index (κ2) is 7.64. The van der Waals surface area contributed by atoms with E-state index in [4.69, 9.17) is 0 Å². The van der Waals surface area contributed by atoms with E-state index < -0.39 is 0 Å². The molecule has 8 heteroatoms. The molecule has 0 fully saturated rings. The zero-order chi connectivity index (χ0) is 18.8. The fourth-order valence-corrected chi connectivity index (χ4v) is 3.28. The third-order valence-corrected chi connectivity index (χ3v) is 4.87. The van der Waals surface area contributed by atoms with Gasteiger partial charge in [0, 0.05) is 27.6 Å². The first kappa shape index (κ1) is 18.7. The van der Waals surface area contributed by atoms with Gasteiger partial charge in [0.15, 0.2) is 0 Å². The van der Waals surface area contributed by atoms with Gasteiger partial charge in [-0.3, -0.25) is 14.6 Å². The van der Waals surface area contributed by atoms with Gasteiger partial charge >= 0.3 is 0 Å². The van der Waals surface area contributed by atoms with Crippen molar-refractivity contribution in [2.75, 3.05) is 5.32 Å². The highest BCUT2D eigenvalue weighted by Gasteiger charge is 2.16. The molecule has 1 aromatic carbocycles. The Labute approximate surface area is 161 Å². The lowest BCUT2D eigenvalue weighted by Gasteiger charge is -2.14. The van der Waals surface area contributed by atoms with Crippen LogP contribution in [0.3, 0.4) is 0 Å². The molecule has 0 saturated carbocycles. The molecule has 0 bridgehead atoms. The minimum absolute atomic E-state index is 0.112. The van der Waals surface area contributed by atoms with Crippen LogP contribution in [0.25, 0.3) is 10.8 Å². The molecule has 0 aliphatic carbocycles. The summed E-state index contributed by atoms with van der Waals surface area (Å²) < 4.78 is 2.11. The first-order chi connectivity index (χ1) is 12.4. The average Bonchev–Trinajstić information content (AvgIpc) is 2.59. The van der Waals surface area contributed by atoms with E-state index in [0.29, 0.717) is 11.1 Å². The van der Waals surface area contributed by atoms with E-state index in [-0.39, 0.29) is 23.9 Å². The number of rotatable bonds is 4. The highest BCUT2D eigenvalue weighted by atomic mass is 79.9. The minimum Gasteiger partial charge on any atom is -0.324 e. The van der Waals surface area contributed by atoms with Crippen molar-refractivity contribution in [1.82, 2.24) is 14.8 Å². The Hall–Kier alpha value is -2.11. The van der Waals surface area contributed by atoms with Crippen LogP contribution in [0, 0.1) is 0 Å². The van der Waals surface area contributed by atoms with E-state index in [1.807, 2.05) is 26.0 Å². The van der Waals surface area contributed by atoms with Crippen LogP contribution in [0.1, 0.15) is 25.5 Å². The van der Waals surface area contributed by atoms with E-state index >= 15 is 0 Å². The Balaban J connectivity index is 1.99. The van der Waals surface area contributed by atoms with Crippen molar-refractivity contribution in [3.05, 3.63) is 57.2 Å². The van der Waals surface area contributed by atoms with Gasteiger partial charge in [0.25, 0.3) is 5.56 Å². The highest BCUT2D eigenvalue weighted by molar-refractivity contribution is 9.10. The molecule has 0 aliphatic heterocycles. The second-order valence-electron chi connectivity index (χ2n) is 6.20. The monoisotopic (exact) mass is 432 g/mol. The molecule has 0 saturated heterocycles. The van der Waals surface area contributed by atoms with Crippen LogP contribution in [-0.4, -0.2) is 20.7 Å². The van der Waals surface area contributed by atoms with Crippen molar-refractivity contribution in [2.24, 2.45) is 0 Å². The van der Waals surface area contributed by atoms with Crippen LogP contribution in [-0.2, 0) is 11.3 Å². The molecular formula is C18H18BrN4O2P. The fourth-order valence-electron chi connectivity index (χ4n) is 2.66. The number of fused-ring (bicyclic) bond motifs is 1. The zero-order valence-electron chi connectivity index (χ0n) is 14.4. The first-order valence-electron chi connectivity index (χ1n) is 8.06. The smallest absolute Gasteiger partial charge is 0.275 e. The average molecular weight is 433 g/mol. The van der Waals surface area contributed by atoms with Gasteiger partial charge < -0.3 is 5.32 Å². The van der Waals surface area contributed by atoms with Crippen molar-refractivity contribution >= 4 is 52.8 Å². The fraction of sp³-hybridized carbons (Fsp3) is 0.222. The molecular weight excluding hydrogens is 415 g/mol. The summed E-state index contributed by atoms with van der Waals surface area (Å²) >= 11 is 3.44. The second-order valence-corrected chi connectivity index (χ2v) is 7.74. The molecule has 0 aliphatic rings. The third-order valence-electron chi connectivity index (χ3n) is 3.92. The van der Waals surface area contributed by atoms with E-state index in [2.05, 4.69) is 40.6 Å². The molecule has 0 spiro atoms. The quantitative estimate of drug-likeness (QED) is 0.643. The lowest BCUT2D eigenvalue weighted by molar-refractivity contribution is -0.117. The molecule has 1 unspecified atom stereocenters. The number of aromatic nitrogens is 3. The summed E-state index contributed by atoms with van der Waals surface area (Å²) in [5.74, 6) is -0.207. The summed E-state index contributed by atoms with van der Waals surface area (Å²) in [6.07, 6.45) is 3.23. The number of amides is 1. The maximum atomic E-state index is 12.8. The number of pyridine rings is 1. The van der Waals surface area contributed by atoms with Gasteiger partial charge in [0.2, 0.25) is 5.91 Å². The van der Waals surface area contributed by atoms with Gasteiger partial charge in [-0.05, 0) is 30.2 Å². The number of carbonyl (C=O) groups excluding carboxylic acids is 1. The van der Waals surface area contributed by atoms with Gasteiger partial charge in [0.05, 0.1) is 16.8 Å². The minimum atomic E-state index is -0.319. The Kier molecular flexibility index (Phi) is 5.49. The number of anilines is 1. The Morgan fingerprint density at radius 1 is 1.31 bits per heavy atom. The summed E-state index contributed by atoms with van der Waals surface area (Å²) in [6.45, 7) is 3.86. The molecule has 1 atom stereocenters. The molecule has 26 heavy (non-hydrogen) atoms. The normalized spacial score (nSPS) is 11.1. The molecule has 0 radical (unpaired) electrons. The first-order valence-corrected chi connectivity index (χ1v) is 9.43. The predicted molar refractivity (Wildman–Crippen MR) is 110 cm³/mol. The molecule has 3 rings (SSSR count). The van der Waals surface area contributed by atoms with Gasteiger partial charge in [-0.25, -0.2) is 4.68 Å². The van der Waals surface area contributed by atoms with Crippen molar-refractivity contribution in [1.29, 1.82) is 0 Å². The van der Waals surface area contributed by atoms with E-state index in [1.165, 1.54) is 4.68 Å². The number of hydrogen-bond acceptors (Lipinski definition) is 4. The van der Waals surface area contributed by atoms with E-state index in [1.54, 1.807) is 24.5 Å². The standard InChI is InChI=1S/C18H18BrN4O2P/c1-10(2)17-13-7-11(19)3-4-12(13)18(25)23(22-17)9-16(24)21-14-5-6-20-8-15(14)26/h3-8,10H,9,26H2,1-2H3,(H,20,21,24). The summed E-state index contributed by atoms with van der Waals surface area (Å²) in [7, 11) is 2.51. The maximum absolute atomic E-state index is 12.8. The van der Waals surface area contributed by atoms with Crippen LogP contribution in [0.5, 0.6) is 0 Å². The van der Waals surface area contributed by atoms with Crippen LogP contribution in [0.2, 0.25) is 0 Å². The van der Waals surface area contributed by atoms with Gasteiger partial charge in [-0.15, -0.1) is 9.24 Å². The lowest BCUT2D eigenvalue weighted by Crippen LogP contribution is -2.31. The molecule has 134 valence electrons. The van der Waals surface area contributed by atoms with Crippen LogP contribution >= 0.6 is 25.2 Å². The van der Waals surface area contributed by atoms with Crippen molar-refractivity contribution in [3.8, 4) is 0 Å². The van der Waals surface area contributed by atoms with E-state index in [9.17, 15) is 9.59 Å². The lowest BCUT2D eigenvalue weighted by atomic mass is 10.0. The van der Waals surface area contributed by atoms with Crippen molar-refractivity contribution in [2.45, 2.75) is 26.3 Å². The summed E-state index contributed by atoms with van der Waals surface area (Å²) in [4.78, 5) is 29.1. The SMILES string of the molecule is CC(C)c1nn(CC(=O)Nc2ccncc2P)c(=O)c2ccc(Br)cc12. The van der Waals surface area contributed by atoms with Crippen LogP contribution in [0.15, 0.2) is 45.9 Å². The summed E-state index contributed by atoms with van der Waals surface area (Å²) in [6, 6.07) is 7.16. The van der Waals surface area contributed by atoms with Gasteiger partial charge in [0.1, 0.15) is 6.54 Å². The molecule has 6 nitrogen and oxygen atoms in total. The van der Waals surface area contributed by atoms with Crippen LogP contribution < -0.4 is 16.2 Å². The number of hydrogen-bond donors (Lipinski definition) is 1. The Morgan fingerprint density at radius 2 is 2.08 bits per heavy atom. The molecule has 2 heterocycles. The number of nitrogens with zero attached hydrogens (tertiary/aromatic N) is 3. The van der Waals surface area contributed by atoms with E-state index in [0.717, 1.165) is 20.9 Å². The highest BCUT2D eigenvalue weighted by Crippen LogP contribution is 2.24. The predicted octanol–water partition coefficient (Wildman–Crippen LogP) is 2.82. The van der Waals surface area contributed by atoms with Gasteiger partial charge in [-0.1, -0.05) is 29.8 Å². The molecule has 2 aromatic heterocycles. The third kappa shape index (κ3) is 3.84. The van der Waals surface area contributed by atoms with Crippen LogP contribution in [0.4, 0.5) is 5.69 Å². The van der Waals surface area contributed by atoms with Crippen molar-refractivity contribution < 1.29 is 4.79 Å². The molecule has 3 aromatic rings.